The number of hydrogen-bond acceptors (Lipinski definition) is 9. The van der Waals surface area contributed by atoms with E-state index in [1.807, 2.05) is 0 Å². The van der Waals surface area contributed by atoms with Gasteiger partial charge in [-0.3, -0.25) is 4.79 Å². The van der Waals surface area contributed by atoms with Crippen LogP contribution in [0.3, 0.4) is 0 Å². The van der Waals surface area contributed by atoms with Gasteiger partial charge in [0.1, 0.15) is 0 Å². The molecule has 0 N–H and O–H groups in total. The maximum absolute atomic E-state index is 13.2. The quantitative estimate of drug-likeness (QED) is 0.473. The largest absolute Gasteiger partial charge is 0.493 e. The van der Waals surface area contributed by atoms with Crippen molar-refractivity contribution >= 4 is 5.91 Å². The Morgan fingerprint density at radius 2 is 1.60 bits per heavy atom. The van der Waals surface area contributed by atoms with E-state index in [2.05, 4.69) is 10.1 Å². The molecule has 1 aliphatic rings. The molecule has 1 saturated heterocycles. The molecule has 1 fully saturated rings. The Hall–Kier alpha value is -3.95. The van der Waals surface area contributed by atoms with Gasteiger partial charge >= 0.3 is 0 Å². The van der Waals surface area contributed by atoms with Crippen molar-refractivity contribution in [2.24, 2.45) is 0 Å². The molecule has 0 aliphatic carbocycles. The van der Waals surface area contributed by atoms with Gasteiger partial charge in [-0.1, -0.05) is 5.16 Å². The number of nitrogens with zero attached hydrogens (tertiary/aromatic N) is 3. The summed E-state index contributed by atoms with van der Waals surface area (Å²) in [5.41, 5.74) is 1.20. The van der Waals surface area contributed by atoms with Gasteiger partial charge in [0.25, 0.3) is 5.91 Å². The zero-order valence-corrected chi connectivity index (χ0v) is 20.5. The summed E-state index contributed by atoms with van der Waals surface area (Å²) in [6, 6.07) is 8.70. The van der Waals surface area contributed by atoms with E-state index in [-0.39, 0.29) is 11.8 Å². The van der Waals surface area contributed by atoms with Crippen molar-refractivity contribution in [3.05, 3.63) is 41.8 Å². The number of carbonyl (C=O) groups excluding carboxylic acids is 1. The number of carbonyl (C=O) groups is 1. The minimum absolute atomic E-state index is 0.0730. The number of likely N-dealkylation sites (tertiary alicyclic amines) is 1. The molecular weight excluding hydrogens is 454 g/mol. The summed E-state index contributed by atoms with van der Waals surface area (Å²) in [5, 5.41) is 4.17. The first-order valence-electron chi connectivity index (χ1n) is 11.2. The van der Waals surface area contributed by atoms with Crippen molar-refractivity contribution in [3.63, 3.8) is 0 Å². The standard InChI is InChI=1S/C25H29N3O7/c1-30-18-9-8-15(11-19(18)31-2)25(29)28-10-6-7-16(14-28)24-26-23(27-35-24)17-12-20(32-3)22(34-5)21(13-17)33-4/h8-9,11-13,16H,6-7,10,14H2,1-5H3/t16-/m1/s1. The molecule has 0 bridgehead atoms. The second kappa shape index (κ2) is 10.5. The molecule has 4 rings (SSSR count). The van der Waals surface area contributed by atoms with E-state index in [9.17, 15) is 4.79 Å². The molecule has 1 atom stereocenters. The minimum atomic E-state index is -0.0833. The highest BCUT2D eigenvalue weighted by atomic mass is 16.5. The van der Waals surface area contributed by atoms with Crippen LogP contribution in [0, 0.1) is 0 Å². The third-order valence-corrected chi connectivity index (χ3v) is 6.05. The highest BCUT2D eigenvalue weighted by Gasteiger charge is 2.30. The molecule has 10 heteroatoms. The normalized spacial score (nSPS) is 15.5. The smallest absolute Gasteiger partial charge is 0.254 e. The summed E-state index contributed by atoms with van der Waals surface area (Å²) in [4.78, 5) is 19.6. The second-order valence-electron chi connectivity index (χ2n) is 8.03. The Bertz CT molecular complexity index is 1170. The summed E-state index contributed by atoms with van der Waals surface area (Å²) in [6.07, 6.45) is 1.66. The first kappa shape index (κ1) is 24.2. The van der Waals surface area contributed by atoms with Gasteiger partial charge in [-0.2, -0.15) is 4.98 Å². The van der Waals surface area contributed by atoms with Crippen molar-refractivity contribution in [1.82, 2.24) is 15.0 Å². The molecule has 0 unspecified atom stereocenters. The number of hydrogen-bond donors (Lipinski definition) is 0. The summed E-state index contributed by atoms with van der Waals surface area (Å²) in [6.45, 7) is 1.13. The number of rotatable bonds is 8. The Kier molecular flexibility index (Phi) is 7.28. The molecule has 2 heterocycles. The SMILES string of the molecule is COc1ccc(C(=O)N2CCC[C@@H](c3nc(-c4cc(OC)c(OC)c(OC)c4)no3)C2)cc1OC. The molecule has 1 aromatic heterocycles. The first-order chi connectivity index (χ1) is 17.0. The summed E-state index contributed by atoms with van der Waals surface area (Å²) in [5.74, 6) is 3.30. The third-order valence-electron chi connectivity index (χ3n) is 6.05. The lowest BCUT2D eigenvalue weighted by Crippen LogP contribution is -2.39. The number of amides is 1. The van der Waals surface area contributed by atoms with Gasteiger partial charge in [0.15, 0.2) is 23.0 Å². The summed E-state index contributed by atoms with van der Waals surface area (Å²) >= 11 is 0. The van der Waals surface area contributed by atoms with Crippen molar-refractivity contribution in [2.75, 3.05) is 48.6 Å². The molecule has 1 aliphatic heterocycles. The van der Waals surface area contributed by atoms with Gasteiger partial charge in [0.2, 0.25) is 17.5 Å². The van der Waals surface area contributed by atoms with E-state index in [4.69, 9.17) is 28.2 Å². The van der Waals surface area contributed by atoms with E-state index in [0.717, 1.165) is 12.8 Å². The van der Waals surface area contributed by atoms with Crippen LogP contribution >= 0.6 is 0 Å². The first-order valence-corrected chi connectivity index (χ1v) is 11.2. The van der Waals surface area contributed by atoms with Gasteiger partial charge in [0.05, 0.1) is 41.5 Å². The Morgan fingerprint density at radius 3 is 2.23 bits per heavy atom. The molecule has 10 nitrogen and oxygen atoms in total. The molecule has 0 saturated carbocycles. The van der Waals surface area contributed by atoms with E-state index in [1.54, 1.807) is 70.8 Å². The predicted molar refractivity (Wildman–Crippen MR) is 127 cm³/mol. The zero-order valence-electron chi connectivity index (χ0n) is 20.5. The van der Waals surface area contributed by atoms with Gasteiger partial charge < -0.3 is 33.1 Å². The average Bonchev–Trinajstić information content (AvgIpc) is 3.42. The third kappa shape index (κ3) is 4.82. The number of piperidine rings is 1. The van der Waals surface area contributed by atoms with Crippen LogP contribution in [-0.4, -0.2) is 69.6 Å². The fourth-order valence-corrected chi connectivity index (χ4v) is 4.24. The van der Waals surface area contributed by atoms with E-state index in [0.29, 0.717) is 64.7 Å². The van der Waals surface area contributed by atoms with Crippen LogP contribution in [0.1, 0.15) is 35.0 Å². The second-order valence-corrected chi connectivity index (χ2v) is 8.03. The van der Waals surface area contributed by atoms with Gasteiger partial charge in [-0.15, -0.1) is 0 Å². The van der Waals surface area contributed by atoms with Gasteiger partial charge in [-0.05, 0) is 43.2 Å². The molecule has 3 aromatic rings. The van der Waals surface area contributed by atoms with E-state index < -0.39 is 0 Å². The minimum Gasteiger partial charge on any atom is -0.493 e. The monoisotopic (exact) mass is 483 g/mol. The molecule has 0 radical (unpaired) electrons. The van der Waals surface area contributed by atoms with Crippen LogP contribution in [0.2, 0.25) is 0 Å². The molecule has 186 valence electrons. The summed E-state index contributed by atoms with van der Waals surface area (Å²) < 4.78 is 32.5. The van der Waals surface area contributed by atoms with E-state index >= 15 is 0 Å². The van der Waals surface area contributed by atoms with Crippen LogP contribution in [0.25, 0.3) is 11.4 Å². The Labute approximate surface area is 203 Å². The molecule has 35 heavy (non-hydrogen) atoms. The fourth-order valence-electron chi connectivity index (χ4n) is 4.24. The summed E-state index contributed by atoms with van der Waals surface area (Å²) in [7, 11) is 7.75. The molecule has 1 amide bonds. The van der Waals surface area contributed by atoms with Gasteiger partial charge in [0, 0.05) is 24.2 Å². The number of methoxy groups -OCH3 is 5. The van der Waals surface area contributed by atoms with Crippen LogP contribution in [0.15, 0.2) is 34.9 Å². The topological polar surface area (TPSA) is 105 Å². The van der Waals surface area contributed by atoms with Crippen molar-refractivity contribution in [3.8, 4) is 40.1 Å². The Morgan fingerprint density at radius 1 is 0.914 bits per heavy atom. The lowest BCUT2D eigenvalue weighted by atomic mass is 9.97. The molecular formula is C25H29N3O7. The number of ether oxygens (including phenoxy) is 5. The van der Waals surface area contributed by atoms with Gasteiger partial charge in [-0.25, -0.2) is 0 Å². The lowest BCUT2D eigenvalue weighted by molar-refractivity contribution is 0.0695. The maximum Gasteiger partial charge on any atom is 0.254 e. The highest BCUT2D eigenvalue weighted by Crippen LogP contribution is 2.41. The number of aromatic nitrogens is 2. The van der Waals surface area contributed by atoms with Crippen LogP contribution < -0.4 is 23.7 Å². The average molecular weight is 484 g/mol. The molecule has 2 aromatic carbocycles. The predicted octanol–water partition coefficient (Wildman–Crippen LogP) is 3.80. The Balaban J connectivity index is 1.54. The highest BCUT2D eigenvalue weighted by molar-refractivity contribution is 5.95. The van der Waals surface area contributed by atoms with Crippen molar-refractivity contribution in [2.45, 2.75) is 18.8 Å². The number of benzene rings is 2. The van der Waals surface area contributed by atoms with Crippen molar-refractivity contribution < 1.29 is 33.0 Å². The zero-order chi connectivity index (χ0) is 24.9. The molecule has 0 spiro atoms. The van der Waals surface area contributed by atoms with Crippen LogP contribution in [0.4, 0.5) is 0 Å². The lowest BCUT2D eigenvalue weighted by Gasteiger charge is -2.31. The van der Waals surface area contributed by atoms with Crippen molar-refractivity contribution in [1.29, 1.82) is 0 Å². The van der Waals surface area contributed by atoms with E-state index in [1.165, 1.54) is 0 Å². The van der Waals surface area contributed by atoms with Crippen LogP contribution in [-0.2, 0) is 0 Å². The maximum atomic E-state index is 13.2. The van der Waals surface area contributed by atoms with Crippen LogP contribution in [0.5, 0.6) is 28.7 Å². The fraction of sp³-hybridized carbons (Fsp3) is 0.400.